The van der Waals surface area contributed by atoms with Gasteiger partial charge in [0.15, 0.2) is 0 Å². The minimum Gasteiger partial charge on any atom is -0.351 e. The largest absolute Gasteiger partial charge is 0.355 e. The van der Waals surface area contributed by atoms with Crippen molar-refractivity contribution in [1.82, 2.24) is 14.1 Å². The Morgan fingerprint density at radius 3 is 2.43 bits per heavy atom. The van der Waals surface area contributed by atoms with Crippen LogP contribution < -0.4 is 16.7 Å². The Labute approximate surface area is 175 Å². The summed E-state index contributed by atoms with van der Waals surface area (Å²) >= 11 is 2.23. The molecule has 1 N–H and O–H groups in total. The van der Waals surface area contributed by atoms with Gasteiger partial charge in [0, 0.05) is 16.2 Å². The molecule has 0 fully saturated rings. The van der Waals surface area contributed by atoms with Crippen molar-refractivity contribution in [3.63, 3.8) is 0 Å². The van der Waals surface area contributed by atoms with E-state index >= 15 is 0 Å². The van der Waals surface area contributed by atoms with Gasteiger partial charge in [-0.25, -0.2) is 18.5 Å². The van der Waals surface area contributed by atoms with Gasteiger partial charge in [0.25, 0.3) is 0 Å². The summed E-state index contributed by atoms with van der Waals surface area (Å²) in [6.07, 6.45) is 0. The first kappa shape index (κ1) is 20.2. The molecule has 8 heteroatoms. The van der Waals surface area contributed by atoms with E-state index in [-0.39, 0.29) is 24.4 Å². The molecule has 0 saturated carbocycles. The van der Waals surface area contributed by atoms with Crippen molar-refractivity contribution in [2.45, 2.75) is 33.0 Å². The zero-order chi connectivity index (χ0) is 20.3. The molecule has 146 valence electrons. The quantitative estimate of drug-likeness (QED) is 0.534. The van der Waals surface area contributed by atoms with Gasteiger partial charge in [-0.1, -0.05) is 30.3 Å². The first-order chi connectivity index (χ1) is 13.4. The molecule has 3 rings (SSSR count). The summed E-state index contributed by atoms with van der Waals surface area (Å²) in [4.78, 5) is 29.4. The van der Waals surface area contributed by atoms with Crippen molar-refractivity contribution < 1.29 is 4.39 Å². The lowest BCUT2D eigenvalue weighted by Gasteiger charge is -2.17. The second kappa shape index (κ2) is 8.68. The normalized spacial score (nSPS) is 11.0. The minimum atomic E-state index is -0.597. The van der Waals surface area contributed by atoms with E-state index in [1.165, 1.54) is 16.7 Å². The molecule has 0 aliphatic heterocycles. The van der Waals surface area contributed by atoms with Crippen LogP contribution in [-0.2, 0) is 13.1 Å². The lowest BCUT2D eigenvalue weighted by molar-refractivity contribution is 0.495. The fourth-order valence-electron chi connectivity index (χ4n) is 2.81. The third-order valence-corrected chi connectivity index (χ3v) is 5.32. The molecule has 28 heavy (non-hydrogen) atoms. The SMILES string of the molecule is CC(C)n1c(=O)nc(NCc2ccccc2I)n(Cc2ccc(F)cc2)c1=O. The zero-order valence-electron chi connectivity index (χ0n) is 15.5. The summed E-state index contributed by atoms with van der Waals surface area (Å²) in [5.41, 5.74) is 0.709. The first-order valence-electron chi connectivity index (χ1n) is 8.82. The number of halogens is 2. The van der Waals surface area contributed by atoms with Gasteiger partial charge in [-0.2, -0.15) is 4.98 Å². The van der Waals surface area contributed by atoms with Gasteiger partial charge >= 0.3 is 11.4 Å². The zero-order valence-corrected chi connectivity index (χ0v) is 17.7. The Hall–Kier alpha value is -2.49. The number of anilines is 1. The molecule has 0 unspecified atom stereocenters. The molecule has 0 radical (unpaired) electrons. The van der Waals surface area contributed by atoms with Crippen molar-refractivity contribution in [3.8, 4) is 0 Å². The van der Waals surface area contributed by atoms with Crippen LogP contribution in [0.15, 0.2) is 58.1 Å². The molecule has 0 saturated heterocycles. The van der Waals surface area contributed by atoms with E-state index in [9.17, 15) is 14.0 Å². The highest BCUT2D eigenvalue weighted by Gasteiger charge is 2.16. The fourth-order valence-corrected chi connectivity index (χ4v) is 3.39. The van der Waals surface area contributed by atoms with Gasteiger partial charge in [-0.15, -0.1) is 0 Å². The van der Waals surface area contributed by atoms with Gasteiger partial charge in [0.2, 0.25) is 5.95 Å². The predicted molar refractivity (Wildman–Crippen MR) is 115 cm³/mol. The summed E-state index contributed by atoms with van der Waals surface area (Å²) in [6, 6.07) is 13.4. The first-order valence-corrected chi connectivity index (χ1v) is 9.90. The Morgan fingerprint density at radius 2 is 1.79 bits per heavy atom. The molecule has 1 heterocycles. The highest BCUT2D eigenvalue weighted by molar-refractivity contribution is 14.1. The van der Waals surface area contributed by atoms with Crippen LogP contribution in [0, 0.1) is 9.39 Å². The summed E-state index contributed by atoms with van der Waals surface area (Å²) in [5.74, 6) is -0.158. The van der Waals surface area contributed by atoms with Crippen molar-refractivity contribution in [2.75, 3.05) is 5.32 Å². The second-order valence-corrected chi connectivity index (χ2v) is 7.78. The van der Waals surface area contributed by atoms with Crippen LogP contribution in [0.1, 0.15) is 31.0 Å². The van der Waals surface area contributed by atoms with E-state index in [2.05, 4.69) is 32.9 Å². The number of hydrogen-bond donors (Lipinski definition) is 1. The van der Waals surface area contributed by atoms with Crippen LogP contribution in [0.4, 0.5) is 10.3 Å². The molecule has 6 nitrogen and oxygen atoms in total. The molecule has 0 bridgehead atoms. The van der Waals surface area contributed by atoms with Crippen LogP contribution in [0.3, 0.4) is 0 Å². The maximum absolute atomic E-state index is 13.2. The standard InChI is InChI=1S/C20H20FIN4O2/c1-13(2)26-19(27)24-18(23-11-15-5-3-4-6-17(15)22)25(20(26)28)12-14-7-9-16(21)10-8-14/h3-10,13H,11-12H2,1-2H3,(H,23,24,27). The number of aromatic nitrogens is 3. The Bertz CT molecular complexity index is 1090. The number of hydrogen-bond acceptors (Lipinski definition) is 4. The van der Waals surface area contributed by atoms with E-state index in [1.54, 1.807) is 26.0 Å². The number of nitrogens with zero attached hydrogens (tertiary/aromatic N) is 3. The highest BCUT2D eigenvalue weighted by atomic mass is 127. The van der Waals surface area contributed by atoms with Gasteiger partial charge in [0.1, 0.15) is 5.82 Å². The van der Waals surface area contributed by atoms with Crippen molar-refractivity contribution in [3.05, 3.63) is 90.0 Å². The van der Waals surface area contributed by atoms with E-state index in [0.717, 1.165) is 19.3 Å². The molecule has 0 aliphatic rings. The Morgan fingerprint density at radius 1 is 1.11 bits per heavy atom. The average Bonchev–Trinajstić information content (AvgIpc) is 2.65. The Balaban J connectivity index is 2.02. The summed E-state index contributed by atoms with van der Waals surface area (Å²) in [6.45, 7) is 4.10. The maximum atomic E-state index is 13.2. The van der Waals surface area contributed by atoms with Gasteiger partial charge < -0.3 is 5.32 Å². The molecule has 0 spiro atoms. The van der Waals surface area contributed by atoms with Crippen LogP contribution in [-0.4, -0.2) is 14.1 Å². The number of benzene rings is 2. The van der Waals surface area contributed by atoms with Crippen LogP contribution >= 0.6 is 22.6 Å². The number of nitrogens with one attached hydrogen (secondary N) is 1. The van der Waals surface area contributed by atoms with E-state index in [0.29, 0.717) is 6.54 Å². The molecule has 0 aliphatic carbocycles. The predicted octanol–water partition coefficient (Wildman–Crippen LogP) is 3.39. The Kier molecular flexibility index (Phi) is 6.28. The van der Waals surface area contributed by atoms with Crippen molar-refractivity contribution in [1.29, 1.82) is 0 Å². The highest BCUT2D eigenvalue weighted by Crippen LogP contribution is 2.14. The molecule has 0 atom stereocenters. The summed E-state index contributed by atoms with van der Waals surface area (Å²) < 4.78 is 16.8. The van der Waals surface area contributed by atoms with Crippen molar-refractivity contribution in [2.24, 2.45) is 0 Å². The van der Waals surface area contributed by atoms with Gasteiger partial charge in [-0.05, 0) is 65.8 Å². The van der Waals surface area contributed by atoms with Crippen LogP contribution in [0.2, 0.25) is 0 Å². The molecular weight excluding hydrogens is 474 g/mol. The second-order valence-electron chi connectivity index (χ2n) is 6.62. The third-order valence-electron chi connectivity index (χ3n) is 4.27. The van der Waals surface area contributed by atoms with E-state index < -0.39 is 11.4 Å². The lowest BCUT2D eigenvalue weighted by Crippen LogP contribution is -2.43. The number of rotatable bonds is 6. The fraction of sp³-hybridized carbons (Fsp3) is 0.250. The van der Waals surface area contributed by atoms with Crippen LogP contribution in [0.25, 0.3) is 0 Å². The smallest absolute Gasteiger partial charge is 0.351 e. The summed E-state index contributed by atoms with van der Waals surface area (Å²) in [7, 11) is 0. The van der Waals surface area contributed by atoms with E-state index in [1.807, 2.05) is 24.3 Å². The lowest BCUT2D eigenvalue weighted by atomic mass is 10.2. The molecule has 1 aromatic heterocycles. The molecule has 2 aromatic carbocycles. The minimum absolute atomic E-state index is 0.174. The third kappa shape index (κ3) is 4.49. The molecular formula is C20H20FIN4O2. The monoisotopic (exact) mass is 494 g/mol. The van der Waals surface area contributed by atoms with Crippen molar-refractivity contribution >= 4 is 28.5 Å². The molecule has 3 aromatic rings. The average molecular weight is 494 g/mol. The van der Waals surface area contributed by atoms with E-state index in [4.69, 9.17) is 0 Å². The van der Waals surface area contributed by atoms with Gasteiger partial charge in [0.05, 0.1) is 6.54 Å². The topological polar surface area (TPSA) is 68.9 Å². The van der Waals surface area contributed by atoms with Gasteiger partial charge in [-0.3, -0.25) is 4.57 Å². The van der Waals surface area contributed by atoms with Crippen LogP contribution in [0.5, 0.6) is 0 Å². The summed E-state index contributed by atoms with van der Waals surface area (Å²) in [5, 5.41) is 3.11. The molecule has 0 amide bonds. The maximum Gasteiger partial charge on any atom is 0.355 e.